The van der Waals surface area contributed by atoms with Crippen LogP contribution >= 0.6 is 0 Å². The number of fused-ring (bicyclic) bond motifs is 1. The zero-order valence-corrected chi connectivity index (χ0v) is 10.2. The summed E-state index contributed by atoms with van der Waals surface area (Å²) in [5.41, 5.74) is 1.78. The molecule has 0 N–H and O–H groups in total. The molecule has 1 heterocycles. The molecule has 0 unspecified atom stereocenters. The molecule has 0 spiro atoms. The number of aryl methyl sites for hydroxylation is 1. The van der Waals surface area contributed by atoms with E-state index in [0.717, 1.165) is 43.2 Å². The second-order valence-corrected chi connectivity index (χ2v) is 5.83. The number of hydrogen-bond donors (Lipinski definition) is 0. The lowest BCUT2D eigenvalue weighted by Gasteiger charge is -2.17. The van der Waals surface area contributed by atoms with Crippen LogP contribution in [-0.4, -0.2) is 31.8 Å². The largest absolute Gasteiger partial charge is 0.481 e. The minimum Gasteiger partial charge on any atom is -0.481 e. The molecule has 16 heavy (non-hydrogen) atoms. The molecule has 0 bridgehead atoms. The van der Waals surface area contributed by atoms with Crippen LogP contribution in [-0.2, 0) is 22.7 Å². The van der Waals surface area contributed by atoms with Crippen LogP contribution < -0.4 is 4.74 Å². The Morgan fingerprint density at radius 1 is 1.19 bits per heavy atom. The van der Waals surface area contributed by atoms with Crippen LogP contribution in [0.15, 0.2) is 5.16 Å². The van der Waals surface area contributed by atoms with Gasteiger partial charge in [-0.05, 0) is 25.7 Å². The van der Waals surface area contributed by atoms with Crippen molar-refractivity contribution in [2.75, 3.05) is 13.4 Å². The van der Waals surface area contributed by atoms with Crippen LogP contribution in [0.5, 0.6) is 5.88 Å². The standard InChI is InChI=1S/C10H14N2O3S/c1-15-9-7-5-3-4-6-8(7)11-10(12-9)16(2,13)14/h3-6H2,1-2H3. The van der Waals surface area contributed by atoms with E-state index in [1.807, 2.05) is 0 Å². The summed E-state index contributed by atoms with van der Waals surface area (Å²) < 4.78 is 27.9. The van der Waals surface area contributed by atoms with Gasteiger partial charge in [-0.25, -0.2) is 13.4 Å². The van der Waals surface area contributed by atoms with Crippen LogP contribution in [0.4, 0.5) is 0 Å². The second-order valence-electron chi connectivity index (χ2n) is 3.92. The summed E-state index contributed by atoms with van der Waals surface area (Å²) in [6, 6.07) is 0. The molecule has 2 rings (SSSR count). The average molecular weight is 242 g/mol. The molecule has 0 atom stereocenters. The number of ether oxygens (including phenoxy) is 1. The third kappa shape index (κ3) is 2.02. The molecule has 0 radical (unpaired) electrons. The molecule has 1 aliphatic carbocycles. The molecule has 0 fully saturated rings. The Bertz CT molecular complexity index is 494. The van der Waals surface area contributed by atoms with E-state index < -0.39 is 9.84 Å². The van der Waals surface area contributed by atoms with E-state index in [4.69, 9.17) is 4.74 Å². The number of nitrogens with zero attached hydrogens (tertiary/aromatic N) is 2. The number of sulfone groups is 1. The maximum absolute atomic E-state index is 11.4. The molecule has 1 aromatic rings. The zero-order valence-electron chi connectivity index (χ0n) is 9.36. The van der Waals surface area contributed by atoms with Gasteiger partial charge in [0.05, 0.1) is 12.8 Å². The molecule has 5 nitrogen and oxygen atoms in total. The predicted molar refractivity (Wildman–Crippen MR) is 58.3 cm³/mol. The monoisotopic (exact) mass is 242 g/mol. The van der Waals surface area contributed by atoms with Crippen molar-refractivity contribution in [2.24, 2.45) is 0 Å². The van der Waals surface area contributed by atoms with Crippen LogP contribution in [0.2, 0.25) is 0 Å². The summed E-state index contributed by atoms with van der Waals surface area (Å²) in [5.74, 6) is 0.408. The molecule has 0 saturated carbocycles. The summed E-state index contributed by atoms with van der Waals surface area (Å²) in [6.45, 7) is 0. The molecular formula is C10H14N2O3S. The topological polar surface area (TPSA) is 69.2 Å². The van der Waals surface area contributed by atoms with Gasteiger partial charge in [0.15, 0.2) is 0 Å². The minimum atomic E-state index is -3.37. The van der Waals surface area contributed by atoms with Crippen molar-refractivity contribution in [3.05, 3.63) is 11.3 Å². The van der Waals surface area contributed by atoms with Crippen LogP contribution in [0.1, 0.15) is 24.1 Å². The highest BCUT2D eigenvalue weighted by Crippen LogP contribution is 2.27. The highest BCUT2D eigenvalue weighted by Gasteiger charge is 2.21. The lowest BCUT2D eigenvalue weighted by atomic mass is 9.97. The molecule has 88 valence electrons. The van der Waals surface area contributed by atoms with E-state index in [2.05, 4.69) is 9.97 Å². The predicted octanol–water partition coefficient (Wildman–Crippen LogP) is 0.767. The molecule has 0 amide bonds. The normalized spacial score (nSPS) is 15.6. The lowest BCUT2D eigenvalue weighted by molar-refractivity contribution is 0.380. The van der Waals surface area contributed by atoms with Gasteiger partial charge in [0.2, 0.25) is 20.9 Å². The van der Waals surface area contributed by atoms with Crippen molar-refractivity contribution >= 4 is 9.84 Å². The Balaban J connectivity index is 2.61. The molecule has 6 heteroatoms. The zero-order chi connectivity index (χ0) is 11.8. The lowest BCUT2D eigenvalue weighted by Crippen LogP contribution is -2.14. The van der Waals surface area contributed by atoms with Crippen molar-refractivity contribution in [3.8, 4) is 5.88 Å². The molecular weight excluding hydrogens is 228 g/mol. The third-order valence-electron chi connectivity index (χ3n) is 2.65. The number of methoxy groups -OCH3 is 1. The quantitative estimate of drug-likeness (QED) is 0.716. The van der Waals surface area contributed by atoms with E-state index in [1.165, 1.54) is 7.11 Å². The number of hydrogen-bond acceptors (Lipinski definition) is 5. The fourth-order valence-electron chi connectivity index (χ4n) is 1.87. The Kier molecular flexibility index (Phi) is 2.84. The van der Waals surface area contributed by atoms with Gasteiger partial charge in [0.1, 0.15) is 0 Å². The van der Waals surface area contributed by atoms with Gasteiger partial charge >= 0.3 is 0 Å². The maximum atomic E-state index is 11.4. The van der Waals surface area contributed by atoms with Crippen LogP contribution in [0.3, 0.4) is 0 Å². The van der Waals surface area contributed by atoms with E-state index >= 15 is 0 Å². The smallest absolute Gasteiger partial charge is 0.250 e. The average Bonchev–Trinajstić information content (AvgIpc) is 2.26. The third-order valence-corrected chi connectivity index (χ3v) is 3.50. The van der Waals surface area contributed by atoms with Crippen molar-refractivity contribution in [2.45, 2.75) is 30.8 Å². The first kappa shape index (κ1) is 11.3. The Morgan fingerprint density at radius 2 is 1.88 bits per heavy atom. The van der Waals surface area contributed by atoms with Gasteiger partial charge in [-0.2, -0.15) is 4.98 Å². The Morgan fingerprint density at radius 3 is 2.50 bits per heavy atom. The highest BCUT2D eigenvalue weighted by atomic mass is 32.2. The summed E-state index contributed by atoms with van der Waals surface area (Å²) in [7, 11) is -1.87. The first-order valence-corrected chi connectivity index (χ1v) is 7.05. The summed E-state index contributed by atoms with van der Waals surface area (Å²) in [5, 5.41) is -0.134. The maximum Gasteiger partial charge on any atom is 0.250 e. The summed E-state index contributed by atoms with van der Waals surface area (Å²) in [6.07, 6.45) is 4.89. The fraction of sp³-hybridized carbons (Fsp3) is 0.600. The van der Waals surface area contributed by atoms with Crippen LogP contribution in [0.25, 0.3) is 0 Å². The molecule has 0 aromatic carbocycles. The summed E-state index contributed by atoms with van der Waals surface area (Å²) >= 11 is 0. The summed E-state index contributed by atoms with van der Waals surface area (Å²) in [4.78, 5) is 8.07. The van der Waals surface area contributed by atoms with Gasteiger partial charge < -0.3 is 4.74 Å². The van der Waals surface area contributed by atoms with E-state index in [1.54, 1.807) is 0 Å². The van der Waals surface area contributed by atoms with Crippen LogP contribution in [0, 0.1) is 0 Å². The minimum absolute atomic E-state index is 0.134. The first-order chi connectivity index (χ1) is 7.52. The van der Waals surface area contributed by atoms with Gasteiger partial charge in [-0.1, -0.05) is 0 Å². The van der Waals surface area contributed by atoms with Gasteiger partial charge in [0.25, 0.3) is 0 Å². The highest BCUT2D eigenvalue weighted by molar-refractivity contribution is 7.90. The fourth-order valence-corrected chi connectivity index (χ4v) is 2.40. The van der Waals surface area contributed by atoms with Crippen molar-refractivity contribution in [1.82, 2.24) is 9.97 Å². The van der Waals surface area contributed by atoms with Crippen molar-refractivity contribution in [1.29, 1.82) is 0 Å². The van der Waals surface area contributed by atoms with Gasteiger partial charge in [-0.3, -0.25) is 0 Å². The SMILES string of the molecule is COc1nc(S(C)(=O)=O)nc2c1CCCC2. The molecule has 0 aliphatic heterocycles. The number of rotatable bonds is 2. The first-order valence-electron chi connectivity index (χ1n) is 5.16. The van der Waals surface area contributed by atoms with Gasteiger partial charge in [-0.15, -0.1) is 0 Å². The van der Waals surface area contributed by atoms with E-state index in [0.29, 0.717) is 5.88 Å². The van der Waals surface area contributed by atoms with E-state index in [9.17, 15) is 8.42 Å². The van der Waals surface area contributed by atoms with Gasteiger partial charge in [0, 0.05) is 11.8 Å². The number of aromatic nitrogens is 2. The molecule has 0 saturated heterocycles. The molecule has 1 aromatic heterocycles. The molecule has 1 aliphatic rings. The van der Waals surface area contributed by atoms with E-state index in [-0.39, 0.29) is 5.16 Å². The Hall–Kier alpha value is -1.17. The Labute approximate surface area is 94.8 Å². The van der Waals surface area contributed by atoms with Crippen molar-refractivity contribution in [3.63, 3.8) is 0 Å². The van der Waals surface area contributed by atoms with Crippen molar-refractivity contribution < 1.29 is 13.2 Å². The second kappa shape index (κ2) is 4.01.